The van der Waals surface area contributed by atoms with Gasteiger partial charge in [0.2, 0.25) is 0 Å². The molecule has 1 N–H and O–H groups in total. The maximum absolute atomic E-state index is 13.5. The van der Waals surface area contributed by atoms with Crippen LogP contribution in [0.5, 0.6) is 5.75 Å². The van der Waals surface area contributed by atoms with Crippen LogP contribution in [0.25, 0.3) is 6.08 Å². The number of imide groups is 2. The van der Waals surface area contributed by atoms with Gasteiger partial charge >= 0.3 is 6.03 Å². The van der Waals surface area contributed by atoms with Crippen molar-refractivity contribution in [3.8, 4) is 5.75 Å². The van der Waals surface area contributed by atoms with Gasteiger partial charge in [0, 0.05) is 5.56 Å². The Morgan fingerprint density at radius 1 is 1.14 bits per heavy atom. The van der Waals surface area contributed by atoms with Crippen LogP contribution in [0.2, 0.25) is 0 Å². The smallest absolute Gasteiger partial charge is 0.335 e. The molecule has 1 atom stereocenters. The Bertz CT molecular complexity index is 970. The zero-order chi connectivity index (χ0) is 20.3. The Balaban J connectivity index is 2.01. The largest absolute Gasteiger partial charge is 0.490 e. The van der Waals surface area contributed by atoms with E-state index in [0.717, 1.165) is 17.4 Å². The van der Waals surface area contributed by atoms with Crippen LogP contribution in [0, 0.1) is 5.82 Å². The summed E-state index contributed by atoms with van der Waals surface area (Å²) in [7, 11) is 0. The van der Waals surface area contributed by atoms with E-state index < -0.39 is 23.7 Å². The van der Waals surface area contributed by atoms with Crippen LogP contribution >= 0.6 is 0 Å². The average molecular weight is 382 g/mol. The van der Waals surface area contributed by atoms with Gasteiger partial charge in [0.05, 0.1) is 11.8 Å². The van der Waals surface area contributed by atoms with Crippen molar-refractivity contribution >= 4 is 29.6 Å². The molecule has 0 radical (unpaired) electrons. The number of hydrogen-bond donors (Lipinski definition) is 1. The normalized spacial score (nSPS) is 16.9. The number of hydrogen-bond acceptors (Lipinski definition) is 4. The maximum atomic E-state index is 13.5. The van der Waals surface area contributed by atoms with Crippen molar-refractivity contribution in [2.45, 2.75) is 26.4 Å². The van der Waals surface area contributed by atoms with E-state index in [1.807, 2.05) is 13.8 Å². The van der Waals surface area contributed by atoms with Gasteiger partial charge < -0.3 is 4.74 Å². The lowest BCUT2D eigenvalue weighted by Gasteiger charge is -2.26. The molecule has 2 aromatic carbocycles. The molecule has 4 amide bonds. The minimum absolute atomic E-state index is 0.0324. The third-order valence-electron chi connectivity index (χ3n) is 4.29. The predicted molar refractivity (Wildman–Crippen MR) is 102 cm³/mol. The highest BCUT2D eigenvalue weighted by atomic mass is 19.1. The first kappa shape index (κ1) is 19.3. The summed E-state index contributed by atoms with van der Waals surface area (Å²) in [6.07, 6.45) is 2.10. The zero-order valence-corrected chi connectivity index (χ0v) is 15.4. The summed E-state index contributed by atoms with van der Waals surface area (Å²) in [4.78, 5) is 38.1. The van der Waals surface area contributed by atoms with E-state index in [9.17, 15) is 18.8 Å². The second-order valence-electron chi connectivity index (χ2n) is 6.31. The predicted octanol–water partition coefficient (Wildman–Crippen LogP) is 3.67. The van der Waals surface area contributed by atoms with E-state index >= 15 is 0 Å². The highest BCUT2D eigenvalue weighted by Crippen LogP contribution is 2.26. The number of anilines is 1. The molecule has 1 fully saturated rings. The van der Waals surface area contributed by atoms with Crippen LogP contribution in [-0.2, 0) is 9.59 Å². The van der Waals surface area contributed by atoms with Crippen LogP contribution in [0.1, 0.15) is 25.8 Å². The number of ether oxygens (including phenoxy) is 1. The fourth-order valence-electron chi connectivity index (χ4n) is 2.67. The molecule has 2 aromatic rings. The van der Waals surface area contributed by atoms with Crippen molar-refractivity contribution in [3.63, 3.8) is 0 Å². The third-order valence-corrected chi connectivity index (χ3v) is 4.29. The molecule has 0 unspecified atom stereocenters. The summed E-state index contributed by atoms with van der Waals surface area (Å²) in [5, 5.41) is 2.12. The molecule has 0 aromatic heterocycles. The number of halogens is 1. The number of para-hydroxylation sites is 1. The van der Waals surface area contributed by atoms with Crippen molar-refractivity contribution in [2.24, 2.45) is 0 Å². The molecule has 0 aliphatic carbocycles. The average Bonchev–Trinajstić information content (AvgIpc) is 2.66. The molecule has 3 rings (SSSR count). The highest BCUT2D eigenvalue weighted by molar-refractivity contribution is 6.39. The number of benzene rings is 2. The number of nitrogens with zero attached hydrogens (tertiary/aromatic N) is 1. The summed E-state index contributed by atoms with van der Waals surface area (Å²) < 4.78 is 19.4. The van der Waals surface area contributed by atoms with Gasteiger partial charge in [0.1, 0.15) is 17.1 Å². The fourth-order valence-corrected chi connectivity index (χ4v) is 2.67. The lowest BCUT2D eigenvalue weighted by molar-refractivity contribution is -0.122. The summed E-state index contributed by atoms with van der Waals surface area (Å²) in [6.45, 7) is 3.89. The lowest BCUT2D eigenvalue weighted by atomic mass is 10.1. The molecule has 144 valence electrons. The van der Waals surface area contributed by atoms with E-state index in [2.05, 4.69) is 5.32 Å². The zero-order valence-electron chi connectivity index (χ0n) is 15.4. The number of barbiturate groups is 1. The van der Waals surface area contributed by atoms with Gasteiger partial charge in [0.15, 0.2) is 0 Å². The second kappa shape index (κ2) is 8.04. The highest BCUT2D eigenvalue weighted by Gasteiger charge is 2.37. The summed E-state index contributed by atoms with van der Waals surface area (Å²) in [5.74, 6) is -1.74. The summed E-state index contributed by atoms with van der Waals surface area (Å²) in [6, 6.07) is 11.1. The van der Waals surface area contributed by atoms with Gasteiger partial charge in [-0.3, -0.25) is 14.9 Å². The first-order valence-corrected chi connectivity index (χ1v) is 8.83. The van der Waals surface area contributed by atoms with Crippen LogP contribution in [0.4, 0.5) is 14.9 Å². The van der Waals surface area contributed by atoms with E-state index in [0.29, 0.717) is 11.3 Å². The Hall–Kier alpha value is -3.48. The van der Waals surface area contributed by atoms with Crippen molar-refractivity contribution in [1.29, 1.82) is 0 Å². The minimum atomic E-state index is -0.929. The number of urea groups is 1. The maximum Gasteiger partial charge on any atom is 0.335 e. The molecule has 1 heterocycles. The van der Waals surface area contributed by atoms with Gasteiger partial charge in [-0.25, -0.2) is 14.1 Å². The standard InChI is InChI=1S/C21H19FN2O4/c1-3-13(2)28-18-10-5-4-7-14(18)11-17-19(25)23-21(27)24(20(17)26)16-9-6-8-15(22)12-16/h4-13H,3H2,1-2H3,(H,23,25,27)/b17-11+/t13-/m0/s1. The topological polar surface area (TPSA) is 75.7 Å². The first-order chi connectivity index (χ1) is 13.4. The number of carbonyl (C=O) groups is 3. The van der Waals surface area contributed by atoms with Crippen LogP contribution in [0.3, 0.4) is 0 Å². The summed E-state index contributed by atoms with van der Waals surface area (Å²) >= 11 is 0. The second-order valence-corrected chi connectivity index (χ2v) is 6.31. The number of carbonyl (C=O) groups excluding carboxylic acids is 3. The molecule has 7 heteroatoms. The Kier molecular flexibility index (Phi) is 5.54. The monoisotopic (exact) mass is 382 g/mol. The molecular formula is C21H19FN2O4. The van der Waals surface area contributed by atoms with Crippen molar-refractivity contribution < 1.29 is 23.5 Å². The van der Waals surface area contributed by atoms with Gasteiger partial charge in [-0.1, -0.05) is 31.2 Å². The first-order valence-electron chi connectivity index (χ1n) is 8.83. The molecule has 1 aliphatic heterocycles. The van der Waals surface area contributed by atoms with E-state index in [1.54, 1.807) is 24.3 Å². The van der Waals surface area contributed by atoms with Crippen LogP contribution in [-0.4, -0.2) is 23.9 Å². The lowest BCUT2D eigenvalue weighted by Crippen LogP contribution is -2.54. The Labute approximate surface area is 161 Å². The Morgan fingerprint density at radius 2 is 1.89 bits per heavy atom. The van der Waals surface area contributed by atoms with Crippen molar-refractivity contribution in [1.82, 2.24) is 5.32 Å². The van der Waals surface area contributed by atoms with E-state index in [1.165, 1.54) is 24.3 Å². The summed E-state index contributed by atoms with van der Waals surface area (Å²) in [5.41, 5.74) is 0.309. The van der Waals surface area contributed by atoms with Gasteiger partial charge in [0.25, 0.3) is 11.8 Å². The Morgan fingerprint density at radius 3 is 2.61 bits per heavy atom. The van der Waals surface area contributed by atoms with Gasteiger partial charge in [-0.2, -0.15) is 0 Å². The van der Waals surface area contributed by atoms with Gasteiger partial charge in [-0.05, 0) is 43.7 Å². The minimum Gasteiger partial charge on any atom is -0.490 e. The third kappa shape index (κ3) is 3.93. The van der Waals surface area contributed by atoms with Crippen molar-refractivity contribution in [2.75, 3.05) is 4.90 Å². The number of amides is 4. The van der Waals surface area contributed by atoms with E-state index in [4.69, 9.17) is 4.74 Å². The molecule has 28 heavy (non-hydrogen) atoms. The molecule has 0 spiro atoms. The number of rotatable bonds is 5. The van der Waals surface area contributed by atoms with Crippen molar-refractivity contribution in [3.05, 3.63) is 65.5 Å². The molecule has 1 aliphatic rings. The van der Waals surface area contributed by atoms with Crippen LogP contribution < -0.4 is 15.0 Å². The molecule has 0 saturated carbocycles. The molecule has 6 nitrogen and oxygen atoms in total. The molecule has 0 bridgehead atoms. The molecule has 1 saturated heterocycles. The molecular weight excluding hydrogens is 363 g/mol. The van der Waals surface area contributed by atoms with Gasteiger partial charge in [-0.15, -0.1) is 0 Å². The fraction of sp³-hybridized carbons (Fsp3) is 0.190. The number of nitrogens with one attached hydrogen (secondary N) is 1. The van der Waals surface area contributed by atoms with Crippen LogP contribution in [0.15, 0.2) is 54.1 Å². The SMILES string of the molecule is CC[C@H](C)Oc1ccccc1/C=C1\C(=O)NC(=O)N(c2cccc(F)c2)C1=O. The van der Waals surface area contributed by atoms with E-state index in [-0.39, 0.29) is 17.4 Å². The quantitative estimate of drug-likeness (QED) is 0.632.